The first-order chi connectivity index (χ1) is 6.31. The lowest BCUT2D eigenvalue weighted by Gasteiger charge is -1.90. The minimum Gasteiger partial charge on any atom is -0.477 e. The molecule has 2 aromatic heterocycles. The van der Waals surface area contributed by atoms with Crippen molar-refractivity contribution in [2.45, 2.75) is 6.92 Å². The SMILES string of the molecule is COc1nonc1-c1n[nH]c(C)n1. The van der Waals surface area contributed by atoms with Gasteiger partial charge in [0.25, 0.3) is 5.88 Å². The standard InChI is InChI=1S/C6H7N5O2/c1-3-7-5(9-8-3)4-6(12-2)11-13-10-4/h1-2H3,(H,7,8,9). The van der Waals surface area contributed by atoms with Gasteiger partial charge >= 0.3 is 0 Å². The maximum Gasteiger partial charge on any atom is 0.287 e. The molecule has 0 saturated carbocycles. The van der Waals surface area contributed by atoms with E-state index in [2.05, 4.69) is 30.1 Å². The first-order valence-electron chi connectivity index (χ1n) is 3.57. The van der Waals surface area contributed by atoms with E-state index in [4.69, 9.17) is 4.74 Å². The van der Waals surface area contributed by atoms with Gasteiger partial charge in [0.05, 0.1) is 7.11 Å². The molecule has 0 atom stereocenters. The van der Waals surface area contributed by atoms with Gasteiger partial charge in [-0.25, -0.2) is 9.61 Å². The normalized spacial score (nSPS) is 10.3. The van der Waals surface area contributed by atoms with Crippen LogP contribution >= 0.6 is 0 Å². The molecule has 0 fully saturated rings. The molecule has 13 heavy (non-hydrogen) atoms. The number of hydrogen-bond donors (Lipinski definition) is 1. The summed E-state index contributed by atoms with van der Waals surface area (Å²) in [6.45, 7) is 1.79. The molecular formula is C6H7N5O2. The van der Waals surface area contributed by atoms with Crippen molar-refractivity contribution in [3.8, 4) is 17.4 Å². The fourth-order valence-corrected chi connectivity index (χ4v) is 0.900. The monoisotopic (exact) mass is 181 g/mol. The van der Waals surface area contributed by atoms with Gasteiger partial charge < -0.3 is 4.74 Å². The van der Waals surface area contributed by atoms with Crippen LogP contribution in [-0.4, -0.2) is 32.6 Å². The first-order valence-corrected chi connectivity index (χ1v) is 3.57. The van der Waals surface area contributed by atoms with Crippen LogP contribution in [0.5, 0.6) is 5.88 Å². The molecule has 2 heterocycles. The summed E-state index contributed by atoms with van der Waals surface area (Å²) in [5, 5.41) is 13.7. The Labute approximate surface area is 73.1 Å². The van der Waals surface area contributed by atoms with Gasteiger partial charge in [-0.05, 0) is 17.2 Å². The predicted molar refractivity (Wildman–Crippen MR) is 41.0 cm³/mol. The van der Waals surface area contributed by atoms with Crippen molar-refractivity contribution in [3.63, 3.8) is 0 Å². The van der Waals surface area contributed by atoms with Crippen LogP contribution in [0.15, 0.2) is 4.63 Å². The molecule has 7 heteroatoms. The summed E-state index contributed by atoms with van der Waals surface area (Å²) < 4.78 is 9.37. The average Bonchev–Trinajstić information content (AvgIpc) is 2.71. The second kappa shape index (κ2) is 2.85. The highest BCUT2D eigenvalue weighted by atomic mass is 16.6. The maximum atomic E-state index is 4.89. The van der Waals surface area contributed by atoms with Gasteiger partial charge in [0.2, 0.25) is 11.5 Å². The van der Waals surface area contributed by atoms with Gasteiger partial charge in [-0.15, -0.1) is 0 Å². The Morgan fingerprint density at radius 2 is 2.23 bits per heavy atom. The van der Waals surface area contributed by atoms with Gasteiger partial charge in [0, 0.05) is 0 Å². The summed E-state index contributed by atoms with van der Waals surface area (Å²) in [6.07, 6.45) is 0. The lowest BCUT2D eigenvalue weighted by Crippen LogP contribution is -1.88. The molecule has 0 unspecified atom stereocenters. The summed E-state index contributed by atoms with van der Waals surface area (Å²) in [6, 6.07) is 0. The second-order valence-corrected chi connectivity index (χ2v) is 2.37. The van der Waals surface area contributed by atoms with E-state index < -0.39 is 0 Å². The summed E-state index contributed by atoms with van der Waals surface area (Å²) in [5.41, 5.74) is 0.395. The third-order valence-corrected chi connectivity index (χ3v) is 1.46. The Bertz CT molecular complexity index is 407. The highest BCUT2D eigenvalue weighted by Gasteiger charge is 2.16. The molecule has 0 aliphatic heterocycles. The van der Waals surface area contributed by atoms with Crippen molar-refractivity contribution < 1.29 is 9.37 Å². The third-order valence-electron chi connectivity index (χ3n) is 1.46. The summed E-state index contributed by atoms with van der Waals surface area (Å²) in [5.74, 6) is 1.38. The number of aromatic amines is 1. The van der Waals surface area contributed by atoms with Crippen LogP contribution in [0.2, 0.25) is 0 Å². The van der Waals surface area contributed by atoms with Crippen molar-refractivity contribution in [1.82, 2.24) is 25.5 Å². The van der Waals surface area contributed by atoms with E-state index >= 15 is 0 Å². The summed E-state index contributed by atoms with van der Waals surface area (Å²) in [4.78, 5) is 4.05. The van der Waals surface area contributed by atoms with E-state index in [0.29, 0.717) is 17.3 Å². The lowest BCUT2D eigenvalue weighted by atomic mass is 10.4. The molecule has 0 aliphatic rings. The number of nitrogens with zero attached hydrogens (tertiary/aromatic N) is 4. The topological polar surface area (TPSA) is 89.7 Å². The van der Waals surface area contributed by atoms with Crippen LogP contribution in [0, 0.1) is 6.92 Å². The Morgan fingerprint density at radius 1 is 1.38 bits per heavy atom. The predicted octanol–water partition coefficient (Wildman–Crippen LogP) is 0.172. The molecule has 7 nitrogen and oxygen atoms in total. The van der Waals surface area contributed by atoms with E-state index in [1.807, 2.05) is 0 Å². The van der Waals surface area contributed by atoms with E-state index in [9.17, 15) is 0 Å². The fraction of sp³-hybridized carbons (Fsp3) is 0.333. The molecule has 0 aromatic carbocycles. The molecule has 68 valence electrons. The van der Waals surface area contributed by atoms with Crippen LogP contribution in [-0.2, 0) is 0 Å². The fourth-order valence-electron chi connectivity index (χ4n) is 0.900. The van der Waals surface area contributed by atoms with Crippen molar-refractivity contribution in [2.75, 3.05) is 7.11 Å². The minimum atomic E-state index is 0.277. The van der Waals surface area contributed by atoms with Gasteiger partial charge in [0.15, 0.2) is 0 Å². The minimum absolute atomic E-state index is 0.277. The number of aromatic nitrogens is 5. The first kappa shape index (κ1) is 7.71. The highest BCUT2D eigenvalue weighted by molar-refractivity contribution is 5.54. The summed E-state index contributed by atoms with van der Waals surface area (Å²) >= 11 is 0. The van der Waals surface area contributed by atoms with Gasteiger partial charge in [-0.2, -0.15) is 5.10 Å². The molecule has 0 saturated heterocycles. The van der Waals surface area contributed by atoms with Gasteiger partial charge in [0.1, 0.15) is 5.82 Å². The molecule has 0 bridgehead atoms. The molecule has 0 amide bonds. The number of H-pyrrole nitrogens is 1. The van der Waals surface area contributed by atoms with Gasteiger partial charge in [-0.3, -0.25) is 5.10 Å². The van der Waals surface area contributed by atoms with E-state index in [1.165, 1.54) is 7.11 Å². The zero-order chi connectivity index (χ0) is 9.26. The van der Waals surface area contributed by atoms with Crippen LogP contribution in [0.3, 0.4) is 0 Å². The smallest absolute Gasteiger partial charge is 0.287 e. The largest absolute Gasteiger partial charge is 0.477 e. The number of aryl methyl sites for hydroxylation is 1. The van der Waals surface area contributed by atoms with Crippen LogP contribution in [0.25, 0.3) is 11.5 Å². The zero-order valence-corrected chi connectivity index (χ0v) is 7.11. The van der Waals surface area contributed by atoms with Crippen molar-refractivity contribution in [2.24, 2.45) is 0 Å². The zero-order valence-electron chi connectivity index (χ0n) is 7.11. The van der Waals surface area contributed by atoms with E-state index in [0.717, 1.165) is 0 Å². The quantitative estimate of drug-likeness (QED) is 0.710. The molecule has 2 rings (SSSR count). The molecule has 0 spiro atoms. The molecular weight excluding hydrogens is 174 g/mol. The van der Waals surface area contributed by atoms with Crippen LogP contribution in [0.1, 0.15) is 5.82 Å². The van der Waals surface area contributed by atoms with Crippen molar-refractivity contribution >= 4 is 0 Å². The highest BCUT2D eigenvalue weighted by Crippen LogP contribution is 2.21. The lowest BCUT2D eigenvalue weighted by molar-refractivity contribution is 0.281. The Balaban J connectivity index is 2.45. The molecule has 2 aromatic rings. The molecule has 1 N–H and O–H groups in total. The number of rotatable bonds is 2. The second-order valence-electron chi connectivity index (χ2n) is 2.37. The molecule has 0 aliphatic carbocycles. The van der Waals surface area contributed by atoms with Gasteiger partial charge in [-0.1, -0.05) is 0 Å². The number of ether oxygens (including phenoxy) is 1. The maximum absolute atomic E-state index is 4.89. The third kappa shape index (κ3) is 1.24. The Kier molecular flexibility index (Phi) is 1.69. The number of hydrogen-bond acceptors (Lipinski definition) is 6. The number of nitrogens with one attached hydrogen (secondary N) is 1. The van der Waals surface area contributed by atoms with Crippen LogP contribution in [0.4, 0.5) is 0 Å². The summed E-state index contributed by atoms with van der Waals surface area (Å²) in [7, 11) is 1.47. The van der Waals surface area contributed by atoms with E-state index in [-0.39, 0.29) is 5.88 Å². The van der Waals surface area contributed by atoms with Crippen molar-refractivity contribution in [3.05, 3.63) is 5.82 Å². The average molecular weight is 181 g/mol. The Hall–Kier alpha value is -1.92. The Morgan fingerprint density at radius 3 is 2.85 bits per heavy atom. The molecule has 0 radical (unpaired) electrons. The van der Waals surface area contributed by atoms with Crippen LogP contribution < -0.4 is 4.74 Å². The van der Waals surface area contributed by atoms with E-state index in [1.54, 1.807) is 6.92 Å². The number of methoxy groups -OCH3 is 1. The van der Waals surface area contributed by atoms with Crippen molar-refractivity contribution in [1.29, 1.82) is 0 Å².